The highest BCUT2D eigenvalue weighted by atomic mass is 32.2. The Morgan fingerprint density at radius 2 is 1.70 bits per heavy atom. The van der Waals surface area contributed by atoms with E-state index in [1.807, 2.05) is 32.9 Å². The molecule has 0 atom stereocenters. The van der Waals surface area contributed by atoms with Gasteiger partial charge in [-0.3, -0.25) is 0 Å². The van der Waals surface area contributed by atoms with Gasteiger partial charge in [-0.05, 0) is 45.7 Å². The average molecular weight is 340 g/mol. The molecule has 0 unspecified atom stereocenters. The molecule has 0 aliphatic heterocycles. The van der Waals surface area contributed by atoms with Gasteiger partial charge in [0.25, 0.3) is 0 Å². The van der Waals surface area contributed by atoms with Crippen LogP contribution in [0.1, 0.15) is 45.7 Å². The van der Waals surface area contributed by atoms with E-state index in [9.17, 15) is 8.42 Å². The largest absolute Gasteiger partial charge is 0.370 e. The molecule has 0 heterocycles. The standard InChI is InChI=1S/C16H28N4O2S/c1-12(2)20-23(21,22)11-14-8-6-13(7-9-14)10-18-15(17)19-16(3,4)5/h6-9,12,20H,10-11H2,1-5H3,(H3,17,18,19). The van der Waals surface area contributed by atoms with Crippen molar-refractivity contribution in [3.8, 4) is 0 Å². The van der Waals surface area contributed by atoms with Gasteiger partial charge in [0.2, 0.25) is 10.0 Å². The minimum Gasteiger partial charge on any atom is -0.370 e. The third-order valence-electron chi connectivity index (χ3n) is 2.73. The maximum atomic E-state index is 11.9. The van der Waals surface area contributed by atoms with E-state index in [1.54, 1.807) is 26.0 Å². The number of hydrogen-bond acceptors (Lipinski definition) is 3. The number of aliphatic imine (C=N–C) groups is 1. The molecular formula is C16H28N4O2S. The lowest BCUT2D eigenvalue weighted by Gasteiger charge is -2.20. The van der Waals surface area contributed by atoms with E-state index in [0.717, 1.165) is 11.1 Å². The minimum absolute atomic E-state index is 0.0254. The summed E-state index contributed by atoms with van der Waals surface area (Å²) in [5.41, 5.74) is 7.40. The van der Waals surface area contributed by atoms with Gasteiger partial charge in [-0.2, -0.15) is 0 Å². The summed E-state index contributed by atoms with van der Waals surface area (Å²) >= 11 is 0. The molecule has 6 nitrogen and oxygen atoms in total. The third kappa shape index (κ3) is 8.56. The zero-order chi connectivity index (χ0) is 17.7. The highest BCUT2D eigenvalue weighted by molar-refractivity contribution is 7.88. The van der Waals surface area contributed by atoms with Crippen molar-refractivity contribution < 1.29 is 8.42 Å². The van der Waals surface area contributed by atoms with Gasteiger partial charge in [0, 0.05) is 11.6 Å². The molecule has 0 radical (unpaired) electrons. The van der Waals surface area contributed by atoms with Crippen LogP contribution in [-0.2, 0) is 22.3 Å². The molecule has 23 heavy (non-hydrogen) atoms. The quantitative estimate of drug-likeness (QED) is 0.542. The molecule has 0 aliphatic rings. The van der Waals surface area contributed by atoms with E-state index in [-0.39, 0.29) is 17.3 Å². The van der Waals surface area contributed by atoms with Crippen molar-refractivity contribution in [2.24, 2.45) is 10.7 Å². The zero-order valence-electron chi connectivity index (χ0n) is 14.6. The van der Waals surface area contributed by atoms with Crippen LogP contribution in [0.3, 0.4) is 0 Å². The number of sulfonamides is 1. The van der Waals surface area contributed by atoms with Crippen LogP contribution >= 0.6 is 0 Å². The van der Waals surface area contributed by atoms with Crippen molar-refractivity contribution in [3.63, 3.8) is 0 Å². The van der Waals surface area contributed by atoms with Gasteiger partial charge in [-0.25, -0.2) is 18.1 Å². The summed E-state index contributed by atoms with van der Waals surface area (Å²) in [4.78, 5) is 4.28. The fourth-order valence-electron chi connectivity index (χ4n) is 1.96. The molecule has 0 amide bonds. The Morgan fingerprint density at radius 1 is 1.17 bits per heavy atom. The van der Waals surface area contributed by atoms with Crippen molar-refractivity contribution in [1.82, 2.24) is 10.0 Å². The minimum atomic E-state index is -3.30. The highest BCUT2D eigenvalue weighted by Crippen LogP contribution is 2.09. The van der Waals surface area contributed by atoms with Gasteiger partial charge in [-0.1, -0.05) is 24.3 Å². The van der Waals surface area contributed by atoms with Gasteiger partial charge in [-0.15, -0.1) is 0 Å². The number of nitrogens with zero attached hydrogens (tertiary/aromatic N) is 1. The Labute approximate surface area is 139 Å². The number of hydrogen-bond donors (Lipinski definition) is 3. The zero-order valence-corrected chi connectivity index (χ0v) is 15.4. The van der Waals surface area contributed by atoms with Crippen molar-refractivity contribution >= 4 is 16.0 Å². The second-order valence-corrected chi connectivity index (χ2v) is 8.68. The fourth-order valence-corrected chi connectivity index (χ4v) is 3.39. The lowest BCUT2D eigenvalue weighted by Crippen LogP contribution is -2.44. The van der Waals surface area contributed by atoms with Crippen molar-refractivity contribution in [1.29, 1.82) is 0 Å². The van der Waals surface area contributed by atoms with Crippen LogP contribution < -0.4 is 15.8 Å². The van der Waals surface area contributed by atoms with Crippen LogP contribution in [0.5, 0.6) is 0 Å². The lowest BCUT2D eigenvalue weighted by atomic mass is 10.1. The first-order chi connectivity index (χ1) is 10.5. The van der Waals surface area contributed by atoms with Gasteiger partial charge >= 0.3 is 0 Å². The SMILES string of the molecule is CC(C)NS(=O)(=O)Cc1ccc(CN=C(N)NC(C)(C)C)cc1. The summed E-state index contributed by atoms with van der Waals surface area (Å²) in [6.07, 6.45) is 0. The molecule has 4 N–H and O–H groups in total. The van der Waals surface area contributed by atoms with Crippen LogP contribution in [-0.4, -0.2) is 26.0 Å². The molecule has 1 aromatic carbocycles. The van der Waals surface area contributed by atoms with Gasteiger partial charge < -0.3 is 11.1 Å². The molecule has 0 aliphatic carbocycles. The van der Waals surface area contributed by atoms with Gasteiger partial charge in [0.1, 0.15) is 0 Å². The van der Waals surface area contributed by atoms with E-state index >= 15 is 0 Å². The Balaban J connectivity index is 2.65. The monoisotopic (exact) mass is 340 g/mol. The number of rotatable bonds is 6. The molecule has 130 valence electrons. The molecule has 0 saturated heterocycles. The van der Waals surface area contributed by atoms with Crippen molar-refractivity contribution in [3.05, 3.63) is 35.4 Å². The number of benzene rings is 1. The van der Waals surface area contributed by atoms with Gasteiger partial charge in [0.15, 0.2) is 5.96 Å². The Bertz CT molecular complexity index is 629. The molecule has 0 aromatic heterocycles. The van der Waals surface area contributed by atoms with E-state index in [4.69, 9.17) is 5.73 Å². The molecule has 1 aromatic rings. The Kier molecular flexibility index (Phi) is 6.58. The molecule has 0 bridgehead atoms. The van der Waals surface area contributed by atoms with Gasteiger partial charge in [0.05, 0.1) is 12.3 Å². The number of guanidine groups is 1. The van der Waals surface area contributed by atoms with Crippen molar-refractivity contribution in [2.75, 3.05) is 0 Å². The first kappa shape index (κ1) is 19.4. The fraction of sp³-hybridized carbons (Fsp3) is 0.562. The summed E-state index contributed by atoms with van der Waals surface area (Å²) in [6, 6.07) is 7.24. The summed E-state index contributed by atoms with van der Waals surface area (Å²) in [5, 5.41) is 3.09. The molecule has 1 rings (SSSR count). The van der Waals surface area contributed by atoms with E-state index in [2.05, 4.69) is 15.0 Å². The van der Waals surface area contributed by atoms with Crippen molar-refractivity contribution in [2.45, 2.75) is 58.5 Å². The first-order valence-corrected chi connectivity index (χ1v) is 9.28. The summed E-state index contributed by atoms with van der Waals surface area (Å²) < 4.78 is 26.3. The third-order valence-corrected chi connectivity index (χ3v) is 4.27. The highest BCUT2D eigenvalue weighted by Gasteiger charge is 2.13. The predicted octanol–water partition coefficient (Wildman–Crippen LogP) is 1.72. The smallest absolute Gasteiger partial charge is 0.216 e. The molecule has 0 spiro atoms. The normalized spacial score (nSPS) is 13.4. The summed E-state index contributed by atoms with van der Waals surface area (Å²) in [7, 11) is -3.30. The summed E-state index contributed by atoms with van der Waals surface area (Å²) in [5.74, 6) is 0.368. The van der Waals surface area contributed by atoms with Crippen LogP contribution in [0.2, 0.25) is 0 Å². The van der Waals surface area contributed by atoms with Crippen LogP contribution in [0.25, 0.3) is 0 Å². The number of nitrogens with two attached hydrogens (primary N) is 1. The first-order valence-electron chi connectivity index (χ1n) is 7.63. The maximum Gasteiger partial charge on any atom is 0.216 e. The molecular weight excluding hydrogens is 312 g/mol. The lowest BCUT2D eigenvalue weighted by molar-refractivity contribution is 0.508. The summed E-state index contributed by atoms with van der Waals surface area (Å²) in [6.45, 7) is 10.1. The molecule has 0 fully saturated rings. The maximum absolute atomic E-state index is 11.9. The molecule has 0 saturated carbocycles. The Hall–Kier alpha value is -1.60. The Morgan fingerprint density at radius 3 is 2.17 bits per heavy atom. The van der Waals surface area contributed by atoms with Crippen LogP contribution in [0.4, 0.5) is 0 Å². The van der Waals surface area contributed by atoms with E-state index < -0.39 is 10.0 Å². The number of nitrogens with one attached hydrogen (secondary N) is 2. The van der Waals surface area contributed by atoms with Crippen LogP contribution in [0.15, 0.2) is 29.3 Å². The second kappa shape index (κ2) is 7.79. The predicted molar refractivity (Wildman–Crippen MR) is 95.6 cm³/mol. The average Bonchev–Trinajstić information content (AvgIpc) is 2.33. The van der Waals surface area contributed by atoms with E-state index in [1.165, 1.54) is 0 Å². The second-order valence-electron chi connectivity index (χ2n) is 6.92. The molecule has 7 heteroatoms. The topological polar surface area (TPSA) is 96.6 Å². The van der Waals surface area contributed by atoms with E-state index in [0.29, 0.717) is 12.5 Å². The van der Waals surface area contributed by atoms with Crippen LogP contribution in [0, 0.1) is 0 Å².